The van der Waals surface area contributed by atoms with E-state index in [4.69, 9.17) is 0 Å². The van der Waals surface area contributed by atoms with Gasteiger partial charge in [0.15, 0.2) is 9.84 Å². The number of fused-ring (bicyclic) bond motifs is 1. The number of aromatic nitrogens is 4. The Bertz CT molecular complexity index is 1720. The van der Waals surface area contributed by atoms with Gasteiger partial charge in [0.25, 0.3) is 11.8 Å². The van der Waals surface area contributed by atoms with Gasteiger partial charge in [0, 0.05) is 40.9 Å². The third-order valence-corrected chi connectivity index (χ3v) is 8.19. The predicted octanol–water partition coefficient (Wildman–Crippen LogP) is 3.26. The van der Waals surface area contributed by atoms with Crippen molar-refractivity contribution in [3.8, 4) is 0 Å². The predicted molar refractivity (Wildman–Crippen MR) is 143 cm³/mol. The van der Waals surface area contributed by atoms with E-state index in [0.717, 1.165) is 0 Å². The van der Waals surface area contributed by atoms with Crippen LogP contribution in [-0.2, 0) is 26.9 Å². The highest BCUT2D eigenvalue weighted by molar-refractivity contribution is 7.90. The second kappa shape index (κ2) is 10.3. The number of anilines is 1. The monoisotopic (exact) mass is 548 g/mol. The Morgan fingerprint density at radius 2 is 1.97 bits per heavy atom. The number of sulfone groups is 1. The van der Waals surface area contributed by atoms with E-state index in [-0.39, 0.29) is 21.9 Å². The molecule has 200 valence electrons. The molecule has 2 amide bonds. The summed E-state index contributed by atoms with van der Waals surface area (Å²) in [5.41, 5.74) is 3.44. The molecule has 4 aromatic rings. The van der Waals surface area contributed by atoms with E-state index in [1.165, 1.54) is 36.4 Å². The van der Waals surface area contributed by atoms with Crippen molar-refractivity contribution < 1.29 is 22.4 Å². The van der Waals surface area contributed by atoms with Gasteiger partial charge in [-0.25, -0.2) is 12.8 Å². The molecule has 0 saturated heterocycles. The molecule has 1 aliphatic heterocycles. The molecular formula is C27H25FN6O4S. The smallest absolute Gasteiger partial charge is 0.256 e. The first-order valence-corrected chi connectivity index (χ1v) is 13.7. The van der Waals surface area contributed by atoms with Gasteiger partial charge in [-0.15, -0.1) is 5.10 Å². The molecular weight excluding hydrogens is 523 g/mol. The Kier molecular flexibility index (Phi) is 6.87. The van der Waals surface area contributed by atoms with Gasteiger partial charge in [-0.2, -0.15) is 0 Å². The summed E-state index contributed by atoms with van der Waals surface area (Å²) in [6.07, 6.45) is 4.86. The van der Waals surface area contributed by atoms with Crippen molar-refractivity contribution in [3.05, 3.63) is 94.3 Å². The maximum Gasteiger partial charge on any atom is 0.256 e. The molecule has 0 atom stereocenters. The van der Waals surface area contributed by atoms with Gasteiger partial charge in [0.2, 0.25) is 0 Å². The third kappa shape index (κ3) is 5.23. The minimum Gasteiger partial charge on any atom is -0.358 e. The lowest BCUT2D eigenvalue weighted by molar-refractivity contribution is -0.110. The number of halogens is 1. The van der Waals surface area contributed by atoms with Crippen LogP contribution in [0.3, 0.4) is 0 Å². The average molecular weight is 549 g/mol. The second-order valence-electron chi connectivity index (χ2n) is 9.16. The summed E-state index contributed by atoms with van der Waals surface area (Å²) < 4.78 is 41.9. The van der Waals surface area contributed by atoms with Crippen LogP contribution in [0.4, 0.5) is 10.1 Å². The fourth-order valence-electron chi connectivity index (χ4n) is 4.54. The molecule has 0 aliphatic carbocycles. The topological polar surface area (TPSA) is 139 Å². The zero-order valence-electron chi connectivity index (χ0n) is 21.2. The van der Waals surface area contributed by atoms with Gasteiger partial charge in [0.05, 0.1) is 34.5 Å². The van der Waals surface area contributed by atoms with Gasteiger partial charge >= 0.3 is 0 Å². The fourth-order valence-corrected chi connectivity index (χ4v) is 5.92. The number of benzene rings is 2. The Labute approximate surface area is 223 Å². The number of aryl methyl sites for hydroxylation is 1. The lowest BCUT2D eigenvalue weighted by Crippen LogP contribution is -2.28. The fraction of sp³-hybridized carbons (Fsp3) is 0.185. The number of H-pyrrole nitrogens is 1. The van der Waals surface area contributed by atoms with Crippen molar-refractivity contribution in [1.29, 1.82) is 0 Å². The van der Waals surface area contributed by atoms with E-state index in [2.05, 4.69) is 25.9 Å². The lowest BCUT2D eigenvalue weighted by Gasteiger charge is -2.08. The van der Waals surface area contributed by atoms with Crippen LogP contribution >= 0.6 is 0 Å². The highest BCUT2D eigenvalue weighted by Crippen LogP contribution is 2.36. The molecule has 1 aliphatic rings. The van der Waals surface area contributed by atoms with Crippen LogP contribution in [0.1, 0.15) is 38.4 Å². The third-order valence-electron chi connectivity index (χ3n) is 6.53. The highest BCUT2D eigenvalue weighted by Gasteiger charge is 2.28. The lowest BCUT2D eigenvalue weighted by atomic mass is 10.0. The second-order valence-corrected chi connectivity index (χ2v) is 11.1. The first-order valence-electron chi connectivity index (χ1n) is 12.1. The zero-order chi connectivity index (χ0) is 27.7. The van der Waals surface area contributed by atoms with Crippen LogP contribution in [0.5, 0.6) is 0 Å². The molecule has 5 rings (SSSR count). The molecule has 0 fully saturated rings. The highest BCUT2D eigenvalue weighted by atomic mass is 32.2. The molecule has 3 N–H and O–H groups in total. The number of carbonyl (C=O) groups is 2. The van der Waals surface area contributed by atoms with Crippen LogP contribution in [0.15, 0.2) is 59.8 Å². The minimum absolute atomic E-state index is 0.0289. The Hall–Kier alpha value is -4.58. The van der Waals surface area contributed by atoms with E-state index >= 15 is 0 Å². The van der Waals surface area contributed by atoms with Crippen molar-refractivity contribution >= 4 is 39.0 Å². The molecule has 0 spiro atoms. The zero-order valence-corrected chi connectivity index (χ0v) is 22.0. The van der Waals surface area contributed by atoms with Crippen LogP contribution < -0.4 is 10.6 Å². The minimum atomic E-state index is -3.90. The van der Waals surface area contributed by atoms with Crippen LogP contribution in [0, 0.1) is 19.7 Å². The molecule has 0 radical (unpaired) electrons. The van der Waals surface area contributed by atoms with E-state index in [9.17, 15) is 22.4 Å². The van der Waals surface area contributed by atoms with Gasteiger partial charge in [0.1, 0.15) is 5.82 Å². The van der Waals surface area contributed by atoms with Gasteiger partial charge < -0.3 is 15.6 Å². The summed E-state index contributed by atoms with van der Waals surface area (Å²) in [5, 5.41) is 13.2. The molecule has 0 unspecified atom stereocenters. The normalized spacial score (nSPS) is 13.9. The van der Waals surface area contributed by atoms with Crippen molar-refractivity contribution in [2.75, 3.05) is 11.9 Å². The number of amides is 2. The standard InChI is InChI=1S/C27H25FN6O4S/c1-16-24(31-17(2)25(16)27(36)29-9-11-34-12-10-30-33-34)14-21-20-13-19(7-8-23(20)32-26(21)35)39(37,38)15-18-5-3-4-6-22(18)28/h3-8,10,12-14,31H,9,11,15H2,1-2H3,(H,29,36)(H,32,35)/b21-14-. The van der Waals surface area contributed by atoms with E-state index < -0.39 is 27.3 Å². The number of hydrogen-bond acceptors (Lipinski definition) is 6. The summed E-state index contributed by atoms with van der Waals surface area (Å²) >= 11 is 0. The number of nitrogens with zero attached hydrogens (tertiary/aromatic N) is 3. The van der Waals surface area contributed by atoms with Crippen molar-refractivity contribution in [3.63, 3.8) is 0 Å². The SMILES string of the molecule is Cc1[nH]c(/C=C2\C(=O)Nc3ccc(S(=O)(=O)Cc4ccccc4F)cc32)c(C)c1C(=O)NCCn1ccnn1. The van der Waals surface area contributed by atoms with Crippen molar-refractivity contribution in [1.82, 2.24) is 25.3 Å². The molecule has 0 saturated carbocycles. The summed E-state index contributed by atoms with van der Waals surface area (Å²) in [5.74, 6) is -1.79. The van der Waals surface area contributed by atoms with Crippen LogP contribution in [0.2, 0.25) is 0 Å². The van der Waals surface area contributed by atoms with Crippen LogP contribution in [-0.4, -0.2) is 46.8 Å². The Morgan fingerprint density at radius 1 is 1.18 bits per heavy atom. The molecule has 39 heavy (non-hydrogen) atoms. The van der Waals surface area contributed by atoms with Crippen LogP contribution in [0.25, 0.3) is 11.6 Å². The molecule has 2 aromatic carbocycles. The van der Waals surface area contributed by atoms with E-state index in [0.29, 0.717) is 46.9 Å². The summed E-state index contributed by atoms with van der Waals surface area (Å²) in [4.78, 5) is 28.9. The van der Waals surface area contributed by atoms with Gasteiger partial charge in [-0.05, 0) is 49.8 Å². The quantitative estimate of drug-likeness (QED) is 0.289. The average Bonchev–Trinajstić information content (AvgIpc) is 3.59. The molecule has 2 aromatic heterocycles. The first kappa shape index (κ1) is 26.0. The summed E-state index contributed by atoms with van der Waals surface area (Å²) in [6, 6.07) is 10.0. The maximum atomic E-state index is 14.1. The number of nitrogens with one attached hydrogen (secondary N) is 3. The van der Waals surface area contributed by atoms with Gasteiger partial charge in [-0.1, -0.05) is 23.4 Å². The van der Waals surface area contributed by atoms with E-state index in [1.807, 2.05) is 0 Å². The van der Waals surface area contributed by atoms with E-state index in [1.54, 1.807) is 43.1 Å². The van der Waals surface area contributed by atoms with Crippen molar-refractivity contribution in [2.45, 2.75) is 31.0 Å². The molecule has 10 nitrogen and oxygen atoms in total. The number of rotatable bonds is 8. The summed E-state index contributed by atoms with van der Waals surface area (Å²) in [6.45, 7) is 4.34. The first-order chi connectivity index (χ1) is 18.6. The maximum absolute atomic E-state index is 14.1. The Morgan fingerprint density at radius 3 is 2.72 bits per heavy atom. The number of hydrogen-bond donors (Lipinski definition) is 3. The van der Waals surface area contributed by atoms with Crippen molar-refractivity contribution in [2.24, 2.45) is 0 Å². The largest absolute Gasteiger partial charge is 0.358 e. The Balaban J connectivity index is 1.42. The molecule has 12 heteroatoms. The van der Waals surface area contributed by atoms with Gasteiger partial charge in [-0.3, -0.25) is 14.3 Å². The number of aromatic amines is 1. The number of carbonyl (C=O) groups excluding carboxylic acids is 2. The molecule has 3 heterocycles. The molecule has 0 bridgehead atoms. The summed E-state index contributed by atoms with van der Waals surface area (Å²) in [7, 11) is -3.90.